The number of carbonyl (C=O) groups excluding carboxylic acids is 3. The highest BCUT2D eigenvalue weighted by Crippen LogP contribution is 2.31. The van der Waals surface area contributed by atoms with E-state index in [4.69, 9.17) is 10.6 Å². The van der Waals surface area contributed by atoms with Gasteiger partial charge in [-0.2, -0.15) is 0 Å². The van der Waals surface area contributed by atoms with E-state index in [2.05, 4.69) is 0 Å². The third-order valence-electron chi connectivity index (χ3n) is 6.84. The van der Waals surface area contributed by atoms with Crippen LogP contribution in [0.15, 0.2) is 36.4 Å². The Labute approximate surface area is 212 Å². The van der Waals surface area contributed by atoms with E-state index >= 15 is 0 Å². The largest absolute Gasteiger partial charge is 0.366 e. The molecule has 12 heteroatoms. The highest BCUT2D eigenvalue weighted by Gasteiger charge is 2.53. The first-order valence-electron chi connectivity index (χ1n) is 11.8. The van der Waals surface area contributed by atoms with Gasteiger partial charge in [0.25, 0.3) is 5.91 Å². The first-order valence-corrected chi connectivity index (χ1v) is 13.7. The summed E-state index contributed by atoms with van der Waals surface area (Å²) in [6.45, 7) is 2.15. The van der Waals surface area contributed by atoms with Gasteiger partial charge in [-0.05, 0) is 18.4 Å². The third kappa shape index (κ3) is 6.77. The molecule has 1 saturated heterocycles. The van der Waals surface area contributed by atoms with Crippen molar-refractivity contribution >= 4 is 33.6 Å². The zero-order chi connectivity index (χ0) is 27.0. The number of morpholine rings is 1. The van der Waals surface area contributed by atoms with E-state index in [9.17, 15) is 28.0 Å². The summed E-state index contributed by atoms with van der Waals surface area (Å²) in [6.07, 6.45) is 3.78. The lowest BCUT2D eigenvalue weighted by atomic mass is 9.93. The first kappa shape index (κ1) is 29.6. The summed E-state index contributed by atoms with van der Waals surface area (Å²) in [5.74, 6) is 2.43. The Hall–Kier alpha value is -2.64. The van der Waals surface area contributed by atoms with Crippen LogP contribution in [0.5, 0.6) is 0 Å². The van der Waals surface area contributed by atoms with Crippen molar-refractivity contribution in [1.82, 2.24) is 10.9 Å². The predicted molar refractivity (Wildman–Crippen MR) is 134 cm³/mol. The zero-order valence-corrected chi connectivity index (χ0v) is 21.8. The molecule has 1 heterocycles. The van der Waals surface area contributed by atoms with Crippen LogP contribution < -0.4 is 16.7 Å². The van der Waals surface area contributed by atoms with Crippen molar-refractivity contribution in [2.75, 3.05) is 33.0 Å². The van der Waals surface area contributed by atoms with Crippen LogP contribution in [-0.2, 0) is 29.0 Å². The number of quaternary nitrogens is 1. The van der Waals surface area contributed by atoms with Gasteiger partial charge in [0.2, 0.25) is 5.91 Å². The number of hydrogen-bond acceptors (Lipinski definition) is 8. The fraction of sp³-hybridized carbons (Fsp3) is 0.542. The van der Waals surface area contributed by atoms with Gasteiger partial charge in [-0.15, -0.1) is 0 Å². The number of hydrazine groups is 1. The number of hydroxylamine groups is 1. The molecule has 1 aromatic carbocycles. The number of allylic oxidation sites excluding steroid dienone is 1. The summed E-state index contributed by atoms with van der Waals surface area (Å²) < 4.78 is 29.0. The number of sulfone groups is 1. The molecule has 0 aliphatic carbocycles. The van der Waals surface area contributed by atoms with Gasteiger partial charge in [0.05, 0.1) is 26.0 Å². The van der Waals surface area contributed by atoms with Crippen LogP contribution in [0.4, 0.5) is 0 Å². The van der Waals surface area contributed by atoms with E-state index in [1.807, 2.05) is 41.8 Å². The van der Waals surface area contributed by atoms with Crippen LogP contribution >= 0.6 is 0 Å². The van der Waals surface area contributed by atoms with Crippen LogP contribution in [-0.4, -0.2) is 79.7 Å². The number of amides is 3. The maximum Gasteiger partial charge on any atom is 0.315 e. The average Bonchev–Trinajstić information content (AvgIpc) is 2.85. The number of rotatable bonds is 11. The summed E-state index contributed by atoms with van der Waals surface area (Å²) in [6, 6.07) is 9.47. The Kier molecular flexibility index (Phi) is 10.3. The molecule has 11 nitrogen and oxygen atoms in total. The first-order chi connectivity index (χ1) is 16.9. The summed E-state index contributed by atoms with van der Waals surface area (Å²) in [4.78, 5) is 38.7. The van der Waals surface area contributed by atoms with E-state index in [0.717, 1.165) is 11.8 Å². The van der Waals surface area contributed by atoms with Crippen molar-refractivity contribution in [2.45, 2.75) is 43.5 Å². The molecule has 0 bridgehead atoms. The lowest BCUT2D eigenvalue weighted by Gasteiger charge is -2.42. The van der Waals surface area contributed by atoms with Crippen LogP contribution in [0.25, 0.3) is 6.08 Å². The van der Waals surface area contributed by atoms with Gasteiger partial charge in [0, 0.05) is 6.26 Å². The molecule has 4 atom stereocenters. The summed E-state index contributed by atoms with van der Waals surface area (Å²) in [5, 5.41) is 9.31. The van der Waals surface area contributed by atoms with Crippen LogP contribution in [0.2, 0.25) is 0 Å². The second kappa shape index (κ2) is 12.5. The Balaban J connectivity index is 2.28. The molecule has 1 aliphatic heterocycles. The number of likely N-dealkylation sites (N-methyl/N-ethyl adjacent to an activating group) is 1. The van der Waals surface area contributed by atoms with Gasteiger partial charge >= 0.3 is 5.91 Å². The molecule has 0 aromatic heterocycles. The zero-order valence-electron chi connectivity index (χ0n) is 21.0. The lowest BCUT2D eigenvalue weighted by molar-refractivity contribution is -0.848. The van der Waals surface area contributed by atoms with Gasteiger partial charge < -0.3 is 4.74 Å². The van der Waals surface area contributed by atoms with Crippen molar-refractivity contribution in [3.05, 3.63) is 42.0 Å². The van der Waals surface area contributed by atoms with E-state index in [0.29, 0.717) is 6.42 Å². The Morgan fingerprint density at radius 3 is 2.53 bits per heavy atom. The molecule has 1 aromatic rings. The van der Waals surface area contributed by atoms with Gasteiger partial charge in [-0.3, -0.25) is 24.7 Å². The molecular weight excluding hydrogens is 488 g/mol. The third-order valence-corrected chi connectivity index (χ3v) is 8.80. The highest BCUT2D eigenvalue weighted by atomic mass is 32.2. The Morgan fingerprint density at radius 2 is 1.97 bits per heavy atom. The van der Waals surface area contributed by atoms with E-state index < -0.39 is 50.7 Å². The fourth-order valence-corrected chi connectivity index (χ4v) is 5.94. The number of nitrogens with zero attached hydrogens (tertiary/aromatic N) is 1. The molecule has 0 spiro atoms. The maximum absolute atomic E-state index is 13.6. The lowest BCUT2D eigenvalue weighted by Crippen LogP contribution is -2.64. The number of nitrogens with one attached hydrogen (secondary N) is 2. The quantitative estimate of drug-likeness (QED) is 0.107. The Morgan fingerprint density at radius 1 is 1.31 bits per heavy atom. The van der Waals surface area contributed by atoms with Gasteiger partial charge in [0.15, 0.2) is 14.6 Å². The maximum atomic E-state index is 13.6. The molecule has 1 aliphatic rings. The number of hydrogen-bond donors (Lipinski definition) is 4. The molecule has 36 heavy (non-hydrogen) atoms. The average molecular weight is 526 g/mol. The molecule has 2 rings (SSSR count). The number of benzene rings is 1. The number of carbonyl (C=O) groups is 3. The molecule has 1 fully saturated rings. The van der Waals surface area contributed by atoms with Crippen LogP contribution in [0.3, 0.4) is 0 Å². The molecule has 200 valence electrons. The van der Waals surface area contributed by atoms with E-state index in [1.165, 1.54) is 0 Å². The van der Waals surface area contributed by atoms with Crippen molar-refractivity contribution in [2.24, 2.45) is 11.8 Å². The van der Waals surface area contributed by atoms with Crippen LogP contribution in [0.1, 0.15) is 38.2 Å². The molecular formula is C24H37N4O7S+. The smallest absolute Gasteiger partial charge is 0.315 e. The Bertz CT molecular complexity index is 1060. The normalized spacial score (nSPS) is 23.0. The topological polar surface area (TPSA) is 165 Å². The minimum Gasteiger partial charge on any atom is -0.366 e. The fourth-order valence-electron chi connectivity index (χ4n) is 4.58. The van der Waals surface area contributed by atoms with Gasteiger partial charge in [0.1, 0.15) is 19.2 Å². The summed E-state index contributed by atoms with van der Waals surface area (Å²) in [7, 11) is -2.38. The van der Waals surface area contributed by atoms with E-state index in [-0.39, 0.29) is 37.0 Å². The second-order valence-corrected chi connectivity index (χ2v) is 11.7. The summed E-state index contributed by atoms with van der Waals surface area (Å²) in [5.41, 5.74) is 4.53. The van der Waals surface area contributed by atoms with Crippen molar-refractivity contribution in [3.63, 3.8) is 0 Å². The van der Waals surface area contributed by atoms with Crippen molar-refractivity contribution < 1.29 is 37.2 Å². The van der Waals surface area contributed by atoms with Crippen molar-refractivity contribution in [1.29, 1.82) is 0 Å². The molecule has 2 unspecified atom stereocenters. The highest BCUT2D eigenvalue weighted by molar-refractivity contribution is 7.92. The van der Waals surface area contributed by atoms with E-state index in [1.54, 1.807) is 25.5 Å². The predicted octanol–water partition coefficient (Wildman–Crippen LogP) is 0.547. The molecule has 0 saturated carbocycles. The van der Waals surface area contributed by atoms with Gasteiger partial charge in [-0.25, -0.2) is 24.5 Å². The molecule has 0 radical (unpaired) electrons. The minimum absolute atomic E-state index is 0.0618. The molecule has 3 amide bonds. The van der Waals surface area contributed by atoms with Crippen molar-refractivity contribution in [3.8, 4) is 0 Å². The minimum atomic E-state index is -4.01. The van der Waals surface area contributed by atoms with Crippen LogP contribution in [0, 0.1) is 5.92 Å². The number of ether oxygens (including phenoxy) is 1. The molecule has 5 N–H and O–H groups in total. The second-order valence-electron chi connectivity index (χ2n) is 9.40. The SMILES string of the molecule is CCCC(CC(=O)[N+]1(C)CCO[C@H]([C@H](C/C=C/c2ccccc2)C(=O)NO)C1)(C(=O)NN)S(C)(=O)=O. The number of nitrogens with two attached hydrogens (primary N) is 1. The standard InChI is InChI=1S/C24H36N4O7S/c1-4-13-24(23(31)26-25,36(3,33)34)16-21(29)28(2)14-15-35-20(17-28)19(22(30)27-32)12-8-11-18-9-6-5-7-10-18/h5-11,19-20H,4,12-17,25H2,1-3H3,(H2-,26,27,30,31,32)/p+1/b11-8+/t19-,20-,24?,28?/m0/s1. The van der Waals surface area contributed by atoms with Gasteiger partial charge in [-0.1, -0.05) is 55.8 Å². The summed E-state index contributed by atoms with van der Waals surface area (Å²) >= 11 is 0. The monoisotopic (exact) mass is 525 g/mol.